The molecule has 1 nitrogen and oxygen atoms in total. The summed E-state index contributed by atoms with van der Waals surface area (Å²) in [6.45, 7) is 0. The molecule has 0 spiro atoms. The van der Waals surface area contributed by atoms with Gasteiger partial charge < -0.3 is 5.32 Å². The number of hydrogen-bond acceptors (Lipinski definition) is 2. The minimum Gasteiger partial charge on any atom is -0.309 e. The zero-order chi connectivity index (χ0) is 14.9. The van der Waals surface area contributed by atoms with Gasteiger partial charge in [0.1, 0.15) is 5.82 Å². The summed E-state index contributed by atoms with van der Waals surface area (Å²) < 4.78 is 52.8. The minimum absolute atomic E-state index is 0.0265. The molecular formula is C13H10BrF4NS. The second-order valence-electron chi connectivity index (χ2n) is 4.13. The van der Waals surface area contributed by atoms with E-state index in [0.29, 0.717) is 5.56 Å². The third kappa shape index (κ3) is 3.05. The van der Waals surface area contributed by atoms with Crippen molar-refractivity contribution in [2.75, 3.05) is 7.05 Å². The van der Waals surface area contributed by atoms with Gasteiger partial charge in [-0.15, -0.1) is 0 Å². The number of nitrogens with one attached hydrogen (secondary N) is 1. The number of rotatable bonds is 3. The highest BCUT2D eigenvalue weighted by Crippen LogP contribution is 2.36. The van der Waals surface area contributed by atoms with Crippen molar-refractivity contribution < 1.29 is 17.6 Å². The molecule has 20 heavy (non-hydrogen) atoms. The number of hydrogen-bond donors (Lipinski definition) is 1. The van der Waals surface area contributed by atoms with Crippen LogP contribution >= 0.6 is 27.3 Å². The van der Waals surface area contributed by atoms with Crippen LogP contribution in [0.25, 0.3) is 0 Å². The fraction of sp³-hybridized carbons (Fsp3) is 0.231. The van der Waals surface area contributed by atoms with Crippen LogP contribution in [0.3, 0.4) is 0 Å². The summed E-state index contributed by atoms with van der Waals surface area (Å²) in [6, 6.07) is 1.80. The number of alkyl halides is 3. The maximum Gasteiger partial charge on any atom is 0.416 e. The maximum atomic E-state index is 13.9. The lowest BCUT2D eigenvalue weighted by molar-refractivity contribution is -0.137. The predicted octanol–water partition coefficient (Wildman–Crippen LogP) is 4.98. The Kier molecular flexibility index (Phi) is 4.51. The summed E-state index contributed by atoms with van der Waals surface area (Å²) in [4.78, 5) is 0. The van der Waals surface area contributed by atoms with E-state index in [9.17, 15) is 17.6 Å². The molecule has 0 saturated carbocycles. The van der Waals surface area contributed by atoms with Gasteiger partial charge in [-0.2, -0.15) is 24.5 Å². The molecule has 0 radical (unpaired) electrons. The fourth-order valence-electron chi connectivity index (χ4n) is 1.92. The van der Waals surface area contributed by atoms with Crippen LogP contribution in [-0.2, 0) is 6.18 Å². The molecule has 0 amide bonds. The summed E-state index contributed by atoms with van der Waals surface area (Å²) in [5.74, 6) is -0.671. The molecule has 1 aromatic carbocycles. The van der Waals surface area contributed by atoms with Gasteiger partial charge in [-0.25, -0.2) is 4.39 Å². The quantitative estimate of drug-likeness (QED) is 0.754. The van der Waals surface area contributed by atoms with E-state index in [0.717, 1.165) is 22.7 Å². The van der Waals surface area contributed by atoms with Crippen LogP contribution in [-0.4, -0.2) is 7.05 Å². The van der Waals surface area contributed by atoms with E-state index in [1.54, 1.807) is 17.8 Å². The Labute approximate surface area is 125 Å². The Morgan fingerprint density at radius 3 is 2.40 bits per heavy atom. The molecule has 108 valence electrons. The Balaban J connectivity index is 2.52. The topological polar surface area (TPSA) is 12.0 Å². The van der Waals surface area contributed by atoms with Gasteiger partial charge in [0.05, 0.1) is 11.6 Å². The van der Waals surface area contributed by atoms with E-state index in [-0.39, 0.29) is 5.56 Å². The van der Waals surface area contributed by atoms with Crippen LogP contribution in [0.4, 0.5) is 17.6 Å². The first-order chi connectivity index (χ1) is 9.34. The number of benzene rings is 1. The van der Waals surface area contributed by atoms with Gasteiger partial charge in [0.25, 0.3) is 0 Å². The molecule has 0 saturated heterocycles. The first-order valence-corrected chi connectivity index (χ1v) is 7.33. The smallest absolute Gasteiger partial charge is 0.309 e. The highest BCUT2D eigenvalue weighted by molar-refractivity contribution is 9.10. The van der Waals surface area contributed by atoms with E-state index < -0.39 is 23.6 Å². The molecule has 2 aromatic rings. The Hall–Kier alpha value is -0.920. The van der Waals surface area contributed by atoms with Gasteiger partial charge in [-0.1, -0.05) is 0 Å². The van der Waals surface area contributed by atoms with Gasteiger partial charge in [-0.3, -0.25) is 0 Å². The first kappa shape index (κ1) is 15.5. The lowest BCUT2D eigenvalue weighted by atomic mass is 9.98. The third-order valence-corrected chi connectivity index (χ3v) is 4.63. The van der Waals surface area contributed by atoms with Gasteiger partial charge in [0.15, 0.2) is 0 Å². The summed E-state index contributed by atoms with van der Waals surface area (Å²) in [6.07, 6.45) is -4.49. The normalized spacial score (nSPS) is 13.5. The van der Waals surface area contributed by atoms with Gasteiger partial charge in [-0.05, 0) is 52.1 Å². The second-order valence-corrected chi connectivity index (χ2v) is 5.73. The predicted molar refractivity (Wildman–Crippen MR) is 74.3 cm³/mol. The molecule has 2 rings (SSSR count). The monoisotopic (exact) mass is 367 g/mol. The van der Waals surface area contributed by atoms with Crippen LogP contribution in [0.15, 0.2) is 33.4 Å². The number of thiophene rings is 1. The van der Waals surface area contributed by atoms with Crippen molar-refractivity contribution in [2.24, 2.45) is 0 Å². The van der Waals surface area contributed by atoms with E-state index >= 15 is 0 Å². The lowest BCUT2D eigenvalue weighted by Crippen LogP contribution is -2.20. The largest absolute Gasteiger partial charge is 0.416 e. The highest BCUT2D eigenvalue weighted by atomic mass is 79.9. The molecule has 1 unspecified atom stereocenters. The molecule has 0 aliphatic rings. The van der Waals surface area contributed by atoms with Crippen molar-refractivity contribution in [2.45, 2.75) is 12.2 Å². The zero-order valence-corrected chi connectivity index (χ0v) is 12.7. The molecular weight excluding hydrogens is 358 g/mol. The summed E-state index contributed by atoms with van der Waals surface area (Å²) >= 11 is 4.70. The molecule has 0 aliphatic heterocycles. The Morgan fingerprint density at radius 2 is 1.90 bits per heavy atom. The van der Waals surface area contributed by atoms with Gasteiger partial charge >= 0.3 is 6.18 Å². The molecule has 0 fully saturated rings. The van der Waals surface area contributed by atoms with Gasteiger partial charge in [0.2, 0.25) is 0 Å². The molecule has 7 heteroatoms. The first-order valence-electron chi connectivity index (χ1n) is 5.60. The van der Waals surface area contributed by atoms with E-state index in [4.69, 9.17) is 0 Å². The molecule has 0 bridgehead atoms. The molecule has 1 N–H and O–H groups in total. The van der Waals surface area contributed by atoms with E-state index in [1.807, 2.05) is 0 Å². The van der Waals surface area contributed by atoms with Crippen molar-refractivity contribution in [3.63, 3.8) is 0 Å². The lowest BCUT2D eigenvalue weighted by Gasteiger charge is -2.19. The van der Waals surface area contributed by atoms with E-state index in [2.05, 4.69) is 21.2 Å². The SMILES string of the molecule is CNC(c1cc(C(F)(F)F)ccc1F)c1cscc1Br. The van der Waals surface area contributed by atoms with Crippen LogP contribution in [0, 0.1) is 5.82 Å². The standard InChI is InChI=1S/C13H10BrF4NS/c1-19-12(9-5-20-6-10(9)14)8-4-7(13(16,17)18)2-3-11(8)15/h2-6,12,19H,1H3. The van der Waals surface area contributed by atoms with Crippen LogP contribution in [0.5, 0.6) is 0 Å². The molecule has 1 heterocycles. The molecule has 0 aliphatic carbocycles. The maximum absolute atomic E-state index is 13.9. The van der Waals surface area contributed by atoms with Crippen molar-refractivity contribution in [3.05, 3.63) is 55.9 Å². The zero-order valence-electron chi connectivity index (χ0n) is 10.3. The fourth-order valence-corrected chi connectivity index (χ4v) is 3.47. The van der Waals surface area contributed by atoms with Crippen LogP contribution in [0.2, 0.25) is 0 Å². The Bertz CT molecular complexity index is 609. The average molecular weight is 368 g/mol. The van der Waals surface area contributed by atoms with Crippen molar-refractivity contribution in [1.29, 1.82) is 0 Å². The van der Waals surface area contributed by atoms with Crippen molar-refractivity contribution in [1.82, 2.24) is 5.32 Å². The summed E-state index contributed by atoms with van der Waals surface area (Å²) in [5.41, 5.74) is -0.183. The average Bonchev–Trinajstić information content (AvgIpc) is 2.78. The molecule has 1 aromatic heterocycles. The van der Waals surface area contributed by atoms with E-state index in [1.165, 1.54) is 11.3 Å². The van der Waals surface area contributed by atoms with Crippen molar-refractivity contribution >= 4 is 27.3 Å². The second kappa shape index (κ2) is 5.83. The molecule has 1 atom stereocenters. The Morgan fingerprint density at radius 1 is 1.20 bits per heavy atom. The summed E-state index contributed by atoms with van der Waals surface area (Å²) in [5, 5.41) is 6.42. The van der Waals surface area contributed by atoms with Gasteiger partial charge in [0, 0.05) is 15.4 Å². The van der Waals surface area contributed by atoms with Crippen LogP contribution < -0.4 is 5.32 Å². The minimum atomic E-state index is -4.49. The number of halogens is 5. The third-order valence-electron chi connectivity index (χ3n) is 2.88. The van der Waals surface area contributed by atoms with Crippen LogP contribution in [0.1, 0.15) is 22.7 Å². The van der Waals surface area contributed by atoms with Crippen molar-refractivity contribution in [3.8, 4) is 0 Å². The highest BCUT2D eigenvalue weighted by Gasteiger charge is 2.32. The summed E-state index contributed by atoms with van der Waals surface area (Å²) in [7, 11) is 1.58.